The van der Waals surface area contributed by atoms with E-state index in [4.69, 9.17) is 15.6 Å². The van der Waals surface area contributed by atoms with E-state index in [9.17, 15) is 14.0 Å². The van der Waals surface area contributed by atoms with Gasteiger partial charge in [-0.05, 0) is 86.1 Å². The lowest BCUT2D eigenvalue weighted by atomic mass is 9.95. The summed E-state index contributed by atoms with van der Waals surface area (Å²) in [7, 11) is 1.93. The van der Waals surface area contributed by atoms with Crippen molar-refractivity contribution in [3.05, 3.63) is 101 Å². The first kappa shape index (κ1) is 37.6. The van der Waals surface area contributed by atoms with Crippen LogP contribution in [0.3, 0.4) is 0 Å². The van der Waals surface area contributed by atoms with Crippen LogP contribution in [-0.4, -0.2) is 99.7 Å². The van der Waals surface area contributed by atoms with Crippen molar-refractivity contribution in [3.8, 4) is 16.9 Å². The summed E-state index contributed by atoms with van der Waals surface area (Å²) in [5.41, 5.74) is 13.4. The Morgan fingerprint density at radius 1 is 1.00 bits per heavy atom. The van der Waals surface area contributed by atoms with Gasteiger partial charge in [-0.2, -0.15) is 5.10 Å². The van der Waals surface area contributed by atoms with Gasteiger partial charge in [0.2, 0.25) is 5.91 Å². The Hall–Kier alpha value is -5.27. The molecule has 2 aromatic heterocycles. The average Bonchev–Trinajstić information content (AvgIpc) is 3.73. The molecule has 56 heavy (non-hydrogen) atoms. The van der Waals surface area contributed by atoms with E-state index in [2.05, 4.69) is 43.7 Å². The topological polar surface area (TPSA) is 125 Å². The fourth-order valence-corrected chi connectivity index (χ4v) is 8.71. The molecule has 2 aromatic carbocycles. The number of ether oxygens (including phenoxy) is 1. The van der Waals surface area contributed by atoms with Crippen LogP contribution >= 0.6 is 0 Å². The minimum Gasteiger partial charge on any atom is -0.482 e. The lowest BCUT2D eigenvalue weighted by Crippen LogP contribution is -2.49. The summed E-state index contributed by atoms with van der Waals surface area (Å²) in [5.74, 6) is 0.928. The Kier molecular flexibility index (Phi) is 10.8. The molecule has 0 spiro atoms. The van der Waals surface area contributed by atoms with Gasteiger partial charge in [-0.25, -0.2) is 9.37 Å². The molecule has 0 bridgehead atoms. The number of benzene rings is 2. The van der Waals surface area contributed by atoms with Gasteiger partial charge in [0, 0.05) is 113 Å². The maximum Gasteiger partial charge on any atom is 0.255 e. The lowest BCUT2D eigenvalue weighted by Gasteiger charge is -2.39. The Morgan fingerprint density at radius 2 is 1.79 bits per heavy atom. The monoisotopic (exact) mass is 761 g/mol. The third kappa shape index (κ3) is 8.15. The molecular weight excluding hydrogens is 710 g/mol. The van der Waals surface area contributed by atoms with Gasteiger partial charge in [0.15, 0.2) is 11.6 Å². The fourth-order valence-electron chi connectivity index (χ4n) is 8.71. The number of carbonyl (C=O) groups excluding carboxylic acids is 2. The second-order valence-corrected chi connectivity index (χ2v) is 15.8. The molecule has 1 unspecified atom stereocenters. The quantitative estimate of drug-likeness (QED) is 0.213. The highest BCUT2D eigenvalue weighted by atomic mass is 19.1. The number of anilines is 2. The van der Waals surface area contributed by atoms with E-state index >= 15 is 0 Å². The smallest absolute Gasteiger partial charge is 0.255 e. The molecule has 3 saturated heterocycles. The van der Waals surface area contributed by atoms with E-state index in [1.54, 1.807) is 17.2 Å². The number of fused-ring (bicyclic) bond motifs is 1. The first-order chi connectivity index (χ1) is 27.1. The Bertz CT molecular complexity index is 2100. The van der Waals surface area contributed by atoms with E-state index in [1.165, 1.54) is 17.8 Å². The zero-order chi connectivity index (χ0) is 38.9. The number of aryl methyl sites for hydroxylation is 1. The largest absolute Gasteiger partial charge is 0.482 e. The number of nitrogen functional groups attached to an aromatic ring is 1. The number of nitrogens with two attached hydrogens (primary N) is 1. The zero-order valence-electron chi connectivity index (χ0n) is 32.4. The number of pyridine rings is 1. The van der Waals surface area contributed by atoms with Gasteiger partial charge in [0.1, 0.15) is 18.0 Å². The first-order valence-electron chi connectivity index (χ1n) is 19.9. The van der Waals surface area contributed by atoms with Crippen LogP contribution in [0.2, 0.25) is 0 Å². The summed E-state index contributed by atoms with van der Waals surface area (Å²) in [6.07, 6.45) is 7.80. The van der Waals surface area contributed by atoms with Crippen molar-refractivity contribution in [3.63, 3.8) is 0 Å². The number of nitrogens with zero attached hydrogens (tertiary/aromatic N) is 7. The Balaban J connectivity index is 0.797. The zero-order valence-corrected chi connectivity index (χ0v) is 32.4. The molecule has 2 amide bonds. The van der Waals surface area contributed by atoms with Gasteiger partial charge in [0.05, 0.1) is 5.69 Å². The van der Waals surface area contributed by atoms with E-state index in [1.807, 2.05) is 43.0 Å². The van der Waals surface area contributed by atoms with Crippen LogP contribution < -0.4 is 20.7 Å². The molecular formula is C43H52FN9O3. The van der Waals surface area contributed by atoms with Crippen molar-refractivity contribution in [2.75, 3.05) is 63.0 Å². The molecule has 3 N–H and O–H groups in total. The number of allylic oxidation sites excluding steroid dienone is 1. The van der Waals surface area contributed by atoms with Gasteiger partial charge in [-0.15, -0.1) is 0 Å². The van der Waals surface area contributed by atoms with E-state index in [0.29, 0.717) is 36.6 Å². The van der Waals surface area contributed by atoms with Crippen LogP contribution in [0, 0.1) is 11.7 Å². The molecule has 0 saturated carbocycles. The minimum atomic E-state index is -0.436. The van der Waals surface area contributed by atoms with Crippen LogP contribution in [0.4, 0.5) is 15.9 Å². The molecule has 6 heterocycles. The standard InChI is InChI=1S/C43H52FN9O3/c1-28-7-10-39(42(54)47-28)53-26-33-22-35(8-9-36(33)43(53)55)52-15-11-30(12-16-52)25-51-19-17-50(18-20-51)14-13-38-37(27-49(3)48-38)32-23-40(41(45)46-24-32)56-29(2)31-5-4-6-34(44)21-31/h4-6,8-9,21-24,27,29-30,39H,1,7,10-20,25-26H2,2-3H3,(H2,45,46)(H,47,54)/t29-,39?/m1/s1. The molecule has 4 aliphatic heterocycles. The Labute approximate surface area is 328 Å². The second kappa shape index (κ2) is 16.1. The number of hydrogen-bond donors (Lipinski definition) is 2. The van der Waals surface area contributed by atoms with Crippen molar-refractivity contribution < 1.29 is 18.7 Å². The predicted octanol–water partition coefficient (Wildman–Crippen LogP) is 5.17. The first-order valence-corrected chi connectivity index (χ1v) is 19.9. The van der Waals surface area contributed by atoms with Gasteiger partial charge in [-0.1, -0.05) is 18.7 Å². The van der Waals surface area contributed by atoms with Gasteiger partial charge < -0.3 is 35.4 Å². The summed E-state index contributed by atoms with van der Waals surface area (Å²) < 4.78 is 21.8. The summed E-state index contributed by atoms with van der Waals surface area (Å²) in [6, 6.07) is 14.0. The van der Waals surface area contributed by atoms with Crippen LogP contribution in [0.15, 0.2) is 73.2 Å². The third-order valence-corrected chi connectivity index (χ3v) is 12.0. The highest BCUT2D eigenvalue weighted by molar-refractivity contribution is 6.01. The number of piperidine rings is 2. The highest BCUT2D eigenvalue weighted by Crippen LogP contribution is 2.34. The highest BCUT2D eigenvalue weighted by Gasteiger charge is 2.38. The molecule has 8 rings (SSSR count). The van der Waals surface area contributed by atoms with Crippen LogP contribution in [0.1, 0.15) is 65.9 Å². The molecule has 0 aliphatic carbocycles. The Morgan fingerprint density at radius 3 is 2.55 bits per heavy atom. The molecule has 13 heteroatoms. The van der Waals surface area contributed by atoms with Crippen molar-refractivity contribution in [1.29, 1.82) is 0 Å². The molecule has 294 valence electrons. The van der Waals surface area contributed by atoms with E-state index in [-0.39, 0.29) is 23.4 Å². The third-order valence-electron chi connectivity index (χ3n) is 12.0. The summed E-state index contributed by atoms with van der Waals surface area (Å²) >= 11 is 0. The molecule has 3 fully saturated rings. The minimum absolute atomic E-state index is 0.0505. The van der Waals surface area contributed by atoms with Crippen molar-refractivity contribution in [2.45, 2.75) is 57.7 Å². The lowest BCUT2D eigenvalue weighted by molar-refractivity contribution is -0.126. The van der Waals surface area contributed by atoms with Gasteiger partial charge in [-0.3, -0.25) is 14.3 Å². The SMILES string of the molecule is C=C1CCC(N2Cc3cc(N4CCC(CN5CCN(CCc6nn(C)cc6-c6cnc(N)c(O[C@H](C)c7cccc(F)c7)c6)CC5)CC4)ccc3C2=O)C(=O)N1. The van der Waals surface area contributed by atoms with Gasteiger partial charge >= 0.3 is 0 Å². The number of piperazine rings is 1. The molecule has 0 radical (unpaired) electrons. The number of nitrogens with one attached hydrogen (secondary N) is 1. The van der Waals surface area contributed by atoms with Crippen LogP contribution in [0.25, 0.3) is 11.1 Å². The van der Waals surface area contributed by atoms with Crippen molar-refractivity contribution in [2.24, 2.45) is 13.0 Å². The summed E-state index contributed by atoms with van der Waals surface area (Å²) in [5, 5.41) is 7.63. The second-order valence-electron chi connectivity index (χ2n) is 15.8. The fraction of sp³-hybridized carbons (Fsp3) is 0.442. The average molecular weight is 762 g/mol. The van der Waals surface area contributed by atoms with Crippen molar-refractivity contribution in [1.82, 2.24) is 34.8 Å². The number of rotatable bonds is 11. The van der Waals surface area contributed by atoms with Crippen LogP contribution in [0.5, 0.6) is 5.75 Å². The van der Waals surface area contributed by atoms with Gasteiger partial charge in [0.25, 0.3) is 5.91 Å². The molecule has 4 aliphatic rings. The van der Waals surface area contributed by atoms with Crippen LogP contribution in [-0.2, 0) is 24.8 Å². The summed E-state index contributed by atoms with van der Waals surface area (Å²) in [4.78, 5) is 39.6. The predicted molar refractivity (Wildman–Crippen MR) is 214 cm³/mol. The molecule has 2 atom stereocenters. The summed E-state index contributed by atoms with van der Waals surface area (Å²) in [6.45, 7) is 14.5. The number of halogens is 1. The number of carbonyl (C=O) groups is 2. The number of hydrogen-bond acceptors (Lipinski definition) is 9. The number of aromatic nitrogens is 3. The van der Waals surface area contributed by atoms with E-state index < -0.39 is 12.1 Å². The maximum atomic E-state index is 13.8. The maximum absolute atomic E-state index is 13.8. The molecule has 4 aromatic rings. The molecule has 12 nitrogen and oxygen atoms in total. The van der Waals surface area contributed by atoms with E-state index in [0.717, 1.165) is 105 Å². The normalized spacial score (nSPS) is 20.3. The number of amides is 2. The van der Waals surface area contributed by atoms with Crippen molar-refractivity contribution >= 4 is 23.3 Å².